The Hall–Kier alpha value is -3.14. The molecule has 0 unspecified atom stereocenters. The lowest BCUT2D eigenvalue weighted by atomic mass is 10.1. The molecular formula is C21H15ClN4OS. The number of aryl methyl sites for hydroxylation is 1. The van der Waals surface area contributed by atoms with Gasteiger partial charge in [0.25, 0.3) is 5.91 Å². The highest BCUT2D eigenvalue weighted by atomic mass is 35.5. The van der Waals surface area contributed by atoms with Crippen molar-refractivity contribution < 1.29 is 4.79 Å². The van der Waals surface area contributed by atoms with Gasteiger partial charge in [0.15, 0.2) is 5.11 Å². The molecule has 1 N–H and O–H groups in total. The van der Waals surface area contributed by atoms with E-state index in [9.17, 15) is 4.79 Å². The Labute approximate surface area is 172 Å². The van der Waals surface area contributed by atoms with Crippen LogP contribution >= 0.6 is 23.8 Å². The monoisotopic (exact) mass is 406 g/mol. The van der Waals surface area contributed by atoms with Crippen LogP contribution in [0.2, 0.25) is 5.02 Å². The van der Waals surface area contributed by atoms with Gasteiger partial charge in [0, 0.05) is 29.2 Å². The third kappa shape index (κ3) is 3.15. The van der Waals surface area contributed by atoms with Crippen molar-refractivity contribution in [3.8, 4) is 6.07 Å². The summed E-state index contributed by atoms with van der Waals surface area (Å²) in [6.45, 7) is 0.589. The van der Waals surface area contributed by atoms with Crippen LogP contribution in [-0.2, 0) is 11.3 Å². The van der Waals surface area contributed by atoms with E-state index in [1.165, 1.54) is 4.90 Å². The molecule has 0 radical (unpaired) electrons. The predicted octanol–water partition coefficient (Wildman–Crippen LogP) is 4.47. The number of carbonyl (C=O) groups is 1. The maximum Gasteiger partial charge on any atom is 0.281 e. The summed E-state index contributed by atoms with van der Waals surface area (Å²) in [5.74, 6) is -0.257. The maximum absolute atomic E-state index is 13.0. The van der Waals surface area contributed by atoms with Crippen molar-refractivity contribution in [3.05, 3.63) is 71.0 Å². The third-order valence-electron chi connectivity index (χ3n) is 4.56. The van der Waals surface area contributed by atoms with Crippen LogP contribution in [0.15, 0.2) is 60.4 Å². The van der Waals surface area contributed by atoms with Crippen LogP contribution in [0.4, 0.5) is 5.69 Å². The number of aromatic nitrogens is 1. The van der Waals surface area contributed by atoms with E-state index in [0.717, 1.165) is 16.5 Å². The molecule has 4 rings (SSSR count). The summed E-state index contributed by atoms with van der Waals surface area (Å²) >= 11 is 11.6. The Bertz CT molecular complexity index is 1170. The Balaban J connectivity index is 1.74. The van der Waals surface area contributed by atoms with Crippen molar-refractivity contribution in [1.82, 2.24) is 9.88 Å². The fourth-order valence-corrected chi connectivity index (χ4v) is 3.80. The zero-order valence-electron chi connectivity index (χ0n) is 14.7. The summed E-state index contributed by atoms with van der Waals surface area (Å²) < 4.78 is 2.02. The molecule has 0 saturated carbocycles. The van der Waals surface area contributed by atoms with Gasteiger partial charge in [-0.3, -0.25) is 9.69 Å². The molecule has 1 amide bonds. The summed E-state index contributed by atoms with van der Waals surface area (Å²) in [7, 11) is 0. The number of fused-ring (bicyclic) bond motifs is 1. The molecule has 0 atom stereocenters. The van der Waals surface area contributed by atoms with Gasteiger partial charge in [0.1, 0.15) is 5.70 Å². The molecule has 0 aliphatic carbocycles. The number of para-hydroxylation sites is 2. The molecule has 7 heteroatoms. The fraction of sp³-hybridized carbons (Fsp3) is 0.0952. The van der Waals surface area contributed by atoms with E-state index in [1.807, 2.05) is 41.1 Å². The molecule has 0 bridgehead atoms. The molecule has 5 nitrogen and oxygen atoms in total. The molecular weight excluding hydrogens is 392 g/mol. The van der Waals surface area contributed by atoms with Crippen LogP contribution in [0.1, 0.15) is 12.0 Å². The maximum atomic E-state index is 13.0. The number of halogens is 1. The standard InChI is InChI=1S/C21H15ClN4OS/c22-16-7-2-4-9-19(16)26-20(27)17(24-21(26)28)12-14-13-25(11-5-10-23)18-8-3-1-6-15(14)18/h1-4,6-9,12-13H,5,11H2,(H,24,28)/b17-12+. The lowest BCUT2D eigenvalue weighted by Crippen LogP contribution is -2.30. The quantitative estimate of drug-likeness (QED) is 0.513. The van der Waals surface area contributed by atoms with E-state index < -0.39 is 0 Å². The number of rotatable bonds is 4. The van der Waals surface area contributed by atoms with Gasteiger partial charge in [-0.1, -0.05) is 41.9 Å². The Kier molecular flexibility index (Phi) is 4.86. The summed E-state index contributed by atoms with van der Waals surface area (Å²) in [6, 6.07) is 17.1. The van der Waals surface area contributed by atoms with Crippen LogP contribution in [0.25, 0.3) is 17.0 Å². The van der Waals surface area contributed by atoms with Crippen LogP contribution in [0.3, 0.4) is 0 Å². The normalized spacial score (nSPS) is 15.3. The zero-order valence-corrected chi connectivity index (χ0v) is 16.3. The van der Waals surface area contributed by atoms with Crippen LogP contribution in [-0.4, -0.2) is 15.6 Å². The van der Waals surface area contributed by atoms with Gasteiger partial charge in [-0.2, -0.15) is 5.26 Å². The highest BCUT2D eigenvalue weighted by Gasteiger charge is 2.33. The number of nitrogens with zero attached hydrogens (tertiary/aromatic N) is 3. The molecule has 1 aromatic heterocycles. The number of carbonyl (C=O) groups excluding carboxylic acids is 1. The first-order chi connectivity index (χ1) is 13.6. The lowest BCUT2D eigenvalue weighted by molar-refractivity contribution is -0.113. The number of amides is 1. The molecule has 28 heavy (non-hydrogen) atoms. The minimum atomic E-state index is -0.257. The molecule has 2 heterocycles. The van der Waals surface area contributed by atoms with Gasteiger partial charge >= 0.3 is 0 Å². The lowest BCUT2D eigenvalue weighted by Gasteiger charge is -2.15. The summed E-state index contributed by atoms with van der Waals surface area (Å²) in [5.41, 5.74) is 2.83. The second-order valence-electron chi connectivity index (χ2n) is 6.28. The van der Waals surface area contributed by atoms with Crippen LogP contribution < -0.4 is 10.2 Å². The second kappa shape index (κ2) is 7.47. The number of nitriles is 1. The van der Waals surface area contributed by atoms with E-state index in [0.29, 0.717) is 29.4 Å². The Morgan fingerprint density at radius 1 is 1.18 bits per heavy atom. The van der Waals surface area contributed by atoms with Crippen molar-refractivity contribution in [2.24, 2.45) is 0 Å². The molecule has 1 fully saturated rings. The number of hydrogen-bond donors (Lipinski definition) is 1. The van der Waals surface area contributed by atoms with Crippen molar-refractivity contribution in [1.29, 1.82) is 5.26 Å². The van der Waals surface area contributed by atoms with Gasteiger partial charge in [0.2, 0.25) is 0 Å². The van der Waals surface area contributed by atoms with Gasteiger partial charge < -0.3 is 9.88 Å². The molecule has 138 valence electrons. The highest BCUT2D eigenvalue weighted by molar-refractivity contribution is 7.80. The molecule has 1 aliphatic rings. The number of hydrogen-bond acceptors (Lipinski definition) is 3. The topological polar surface area (TPSA) is 61.1 Å². The minimum Gasteiger partial charge on any atom is -0.346 e. The zero-order chi connectivity index (χ0) is 19.7. The average molecular weight is 407 g/mol. The van der Waals surface area contributed by atoms with E-state index >= 15 is 0 Å². The van der Waals surface area contributed by atoms with Crippen molar-refractivity contribution in [2.75, 3.05) is 4.90 Å². The van der Waals surface area contributed by atoms with Gasteiger partial charge in [-0.05, 0) is 36.5 Å². The van der Waals surface area contributed by atoms with E-state index in [4.69, 9.17) is 29.1 Å². The van der Waals surface area contributed by atoms with Gasteiger partial charge in [-0.15, -0.1) is 0 Å². The summed E-state index contributed by atoms with van der Waals surface area (Å²) in [5, 5.41) is 13.6. The van der Waals surface area contributed by atoms with E-state index in [-0.39, 0.29) is 11.0 Å². The van der Waals surface area contributed by atoms with Gasteiger partial charge in [0.05, 0.1) is 23.2 Å². The summed E-state index contributed by atoms with van der Waals surface area (Å²) in [4.78, 5) is 14.4. The largest absolute Gasteiger partial charge is 0.346 e. The smallest absolute Gasteiger partial charge is 0.281 e. The number of thiocarbonyl (C=S) groups is 1. The van der Waals surface area contributed by atoms with Crippen molar-refractivity contribution in [2.45, 2.75) is 13.0 Å². The fourth-order valence-electron chi connectivity index (χ4n) is 3.29. The van der Waals surface area contributed by atoms with Crippen molar-refractivity contribution >= 4 is 57.5 Å². The van der Waals surface area contributed by atoms with Crippen LogP contribution in [0.5, 0.6) is 0 Å². The van der Waals surface area contributed by atoms with E-state index in [2.05, 4.69) is 11.4 Å². The minimum absolute atomic E-state index is 0.257. The third-order valence-corrected chi connectivity index (χ3v) is 5.16. The van der Waals surface area contributed by atoms with Gasteiger partial charge in [-0.25, -0.2) is 0 Å². The van der Waals surface area contributed by atoms with Crippen molar-refractivity contribution in [3.63, 3.8) is 0 Å². The first kappa shape index (κ1) is 18.2. The number of nitrogens with one attached hydrogen (secondary N) is 1. The summed E-state index contributed by atoms with van der Waals surface area (Å²) in [6.07, 6.45) is 4.15. The first-order valence-corrected chi connectivity index (χ1v) is 9.45. The molecule has 1 saturated heterocycles. The highest BCUT2D eigenvalue weighted by Crippen LogP contribution is 2.30. The molecule has 1 aliphatic heterocycles. The van der Waals surface area contributed by atoms with Crippen LogP contribution in [0, 0.1) is 11.3 Å². The first-order valence-electron chi connectivity index (χ1n) is 8.66. The molecule has 0 spiro atoms. The second-order valence-corrected chi connectivity index (χ2v) is 7.08. The Morgan fingerprint density at radius 3 is 2.71 bits per heavy atom. The molecule has 3 aromatic rings. The Morgan fingerprint density at radius 2 is 1.93 bits per heavy atom. The predicted molar refractivity (Wildman–Crippen MR) is 115 cm³/mol. The average Bonchev–Trinajstić information content (AvgIpc) is 3.18. The van der Waals surface area contributed by atoms with E-state index in [1.54, 1.807) is 24.3 Å². The number of anilines is 1. The SMILES string of the molecule is N#CCCn1cc(/C=C2/NC(=S)N(c3ccccc3Cl)C2=O)c2ccccc21. The number of benzene rings is 2. The molecule has 2 aromatic carbocycles.